The van der Waals surface area contributed by atoms with Crippen molar-refractivity contribution in [2.45, 2.75) is 51.1 Å². The van der Waals surface area contributed by atoms with Crippen LogP contribution in [0.3, 0.4) is 0 Å². The van der Waals surface area contributed by atoms with Gasteiger partial charge in [0.2, 0.25) is 0 Å². The summed E-state index contributed by atoms with van der Waals surface area (Å²) in [6.07, 6.45) is 5.03. The van der Waals surface area contributed by atoms with E-state index in [1.54, 1.807) is 0 Å². The summed E-state index contributed by atoms with van der Waals surface area (Å²) < 4.78 is 0. The lowest BCUT2D eigenvalue weighted by Crippen LogP contribution is -2.53. The maximum atomic E-state index is 6.71. The summed E-state index contributed by atoms with van der Waals surface area (Å²) in [7, 11) is 0. The number of rotatable bonds is 5. The van der Waals surface area contributed by atoms with Gasteiger partial charge < -0.3 is 5.73 Å². The Balaban J connectivity index is 2.22. The molecule has 1 saturated heterocycles. The van der Waals surface area contributed by atoms with Crippen LogP contribution in [0, 0.1) is 0 Å². The normalized spacial score (nSPS) is 21.7. The molecule has 0 saturated carbocycles. The topological polar surface area (TPSA) is 29.3 Å². The van der Waals surface area contributed by atoms with Crippen molar-refractivity contribution in [1.29, 1.82) is 0 Å². The fraction of sp³-hybridized carbons (Fsp3) is 0.625. The highest BCUT2D eigenvalue weighted by Crippen LogP contribution is 2.30. The van der Waals surface area contributed by atoms with Gasteiger partial charge >= 0.3 is 0 Å². The van der Waals surface area contributed by atoms with E-state index in [4.69, 9.17) is 5.73 Å². The number of hydrogen-bond acceptors (Lipinski definition) is 2. The highest BCUT2D eigenvalue weighted by atomic mass is 15.2. The summed E-state index contributed by atoms with van der Waals surface area (Å²) in [6, 6.07) is 11.0. The molecular weight excluding hydrogens is 220 g/mol. The Morgan fingerprint density at radius 3 is 2.39 bits per heavy atom. The molecule has 0 bridgehead atoms. The predicted octanol–water partition coefficient (Wildman–Crippen LogP) is 3.13. The van der Waals surface area contributed by atoms with Crippen LogP contribution in [0.2, 0.25) is 0 Å². The quantitative estimate of drug-likeness (QED) is 0.865. The fourth-order valence-electron chi connectivity index (χ4n) is 3.18. The molecular formula is C16H26N2. The molecule has 1 aliphatic heterocycles. The molecule has 2 nitrogen and oxygen atoms in total. The zero-order chi connectivity index (χ0) is 13.0. The largest absolute Gasteiger partial charge is 0.320 e. The molecule has 2 unspecified atom stereocenters. The van der Waals surface area contributed by atoms with Crippen molar-refractivity contribution in [2.75, 3.05) is 13.1 Å². The van der Waals surface area contributed by atoms with Crippen LogP contribution in [0.5, 0.6) is 0 Å². The van der Waals surface area contributed by atoms with Gasteiger partial charge in [-0.25, -0.2) is 0 Å². The summed E-state index contributed by atoms with van der Waals surface area (Å²) in [5.41, 5.74) is 7.72. The average molecular weight is 246 g/mol. The Labute approximate surface area is 111 Å². The first-order chi connectivity index (χ1) is 8.66. The SMILES string of the molecule is CCCC(N1CCCC1)C(C)(N)c1ccccc1. The minimum Gasteiger partial charge on any atom is -0.320 e. The molecule has 1 aromatic carbocycles. The Kier molecular flexibility index (Phi) is 4.41. The van der Waals surface area contributed by atoms with Crippen LogP contribution in [0.1, 0.15) is 45.1 Å². The van der Waals surface area contributed by atoms with Crippen LogP contribution in [0.15, 0.2) is 30.3 Å². The van der Waals surface area contributed by atoms with Crippen LogP contribution in [0.4, 0.5) is 0 Å². The first kappa shape index (κ1) is 13.6. The molecule has 2 heteroatoms. The molecule has 2 atom stereocenters. The van der Waals surface area contributed by atoms with Gasteiger partial charge in [0.05, 0.1) is 5.54 Å². The first-order valence-electron chi connectivity index (χ1n) is 7.24. The van der Waals surface area contributed by atoms with E-state index in [-0.39, 0.29) is 5.54 Å². The van der Waals surface area contributed by atoms with Crippen LogP contribution >= 0.6 is 0 Å². The van der Waals surface area contributed by atoms with E-state index in [0.717, 1.165) is 0 Å². The van der Waals surface area contributed by atoms with Crippen LogP contribution < -0.4 is 5.73 Å². The molecule has 0 spiro atoms. The standard InChI is InChI=1S/C16H26N2/c1-3-9-15(18-12-7-8-13-18)16(2,17)14-10-5-4-6-11-14/h4-6,10-11,15H,3,7-9,12-13,17H2,1-2H3. The van der Waals surface area contributed by atoms with Gasteiger partial charge in [0.15, 0.2) is 0 Å². The summed E-state index contributed by atoms with van der Waals surface area (Å²) in [5, 5.41) is 0. The second-order valence-electron chi connectivity index (χ2n) is 5.70. The molecule has 2 rings (SSSR count). The Hall–Kier alpha value is -0.860. The third-order valence-electron chi connectivity index (χ3n) is 4.23. The van der Waals surface area contributed by atoms with Crippen molar-refractivity contribution in [3.8, 4) is 0 Å². The van der Waals surface area contributed by atoms with Gasteiger partial charge in [-0.05, 0) is 44.8 Å². The molecule has 1 aliphatic rings. The Morgan fingerprint density at radius 2 is 1.83 bits per heavy atom. The lowest BCUT2D eigenvalue weighted by atomic mass is 9.82. The van der Waals surface area contributed by atoms with E-state index < -0.39 is 0 Å². The van der Waals surface area contributed by atoms with Gasteiger partial charge in [0, 0.05) is 6.04 Å². The van der Waals surface area contributed by atoms with Crippen LogP contribution in [-0.4, -0.2) is 24.0 Å². The minimum atomic E-state index is -0.248. The first-order valence-corrected chi connectivity index (χ1v) is 7.24. The number of nitrogens with two attached hydrogens (primary N) is 1. The maximum absolute atomic E-state index is 6.71. The van der Waals surface area contributed by atoms with Gasteiger partial charge in [-0.3, -0.25) is 4.90 Å². The fourth-order valence-corrected chi connectivity index (χ4v) is 3.18. The lowest BCUT2D eigenvalue weighted by Gasteiger charge is -2.40. The number of benzene rings is 1. The van der Waals surface area contributed by atoms with E-state index in [9.17, 15) is 0 Å². The minimum absolute atomic E-state index is 0.248. The number of nitrogens with zero attached hydrogens (tertiary/aromatic N) is 1. The molecule has 0 radical (unpaired) electrons. The molecule has 0 aliphatic carbocycles. The third kappa shape index (κ3) is 2.76. The molecule has 0 aromatic heterocycles. The highest BCUT2D eigenvalue weighted by Gasteiger charge is 2.36. The van der Waals surface area contributed by atoms with Crippen molar-refractivity contribution in [3.05, 3.63) is 35.9 Å². The molecule has 1 fully saturated rings. The van der Waals surface area contributed by atoms with E-state index >= 15 is 0 Å². The monoisotopic (exact) mass is 246 g/mol. The van der Waals surface area contributed by atoms with Crippen molar-refractivity contribution < 1.29 is 0 Å². The van der Waals surface area contributed by atoms with Crippen molar-refractivity contribution in [2.24, 2.45) is 5.73 Å². The van der Waals surface area contributed by atoms with E-state index in [1.165, 1.54) is 44.3 Å². The summed E-state index contributed by atoms with van der Waals surface area (Å²) in [6.45, 7) is 6.87. The lowest BCUT2D eigenvalue weighted by molar-refractivity contribution is 0.145. The average Bonchev–Trinajstić information content (AvgIpc) is 2.90. The number of hydrogen-bond donors (Lipinski definition) is 1. The van der Waals surface area contributed by atoms with E-state index in [1.807, 2.05) is 0 Å². The highest BCUT2D eigenvalue weighted by molar-refractivity contribution is 5.25. The van der Waals surface area contributed by atoms with Gasteiger partial charge in [-0.15, -0.1) is 0 Å². The van der Waals surface area contributed by atoms with Crippen molar-refractivity contribution in [3.63, 3.8) is 0 Å². The number of likely N-dealkylation sites (tertiary alicyclic amines) is 1. The zero-order valence-corrected chi connectivity index (χ0v) is 11.7. The summed E-state index contributed by atoms with van der Waals surface area (Å²) in [5.74, 6) is 0. The molecule has 2 N–H and O–H groups in total. The summed E-state index contributed by atoms with van der Waals surface area (Å²) >= 11 is 0. The smallest absolute Gasteiger partial charge is 0.0538 e. The zero-order valence-electron chi connectivity index (χ0n) is 11.7. The second-order valence-corrected chi connectivity index (χ2v) is 5.70. The van der Waals surface area contributed by atoms with Crippen molar-refractivity contribution in [1.82, 2.24) is 4.90 Å². The van der Waals surface area contributed by atoms with Gasteiger partial charge in [-0.2, -0.15) is 0 Å². The van der Waals surface area contributed by atoms with Gasteiger partial charge in [-0.1, -0.05) is 43.7 Å². The third-order valence-corrected chi connectivity index (χ3v) is 4.23. The second kappa shape index (κ2) is 5.85. The Bertz CT molecular complexity index is 353. The van der Waals surface area contributed by atoms with Gasteiger partial charge in [0.1, 0.15) is 0 Å². The van der Waals surface area contributed by atoms with Crippen molar-refractivity contribution >= 4 is 0 Å². The predicted molar refractivity (Wildman–Crippen MR) is 77.5 cm³/mol. The van der Waals surface area contributed by atoms with Crippen LogP contribution in [0.25, 0.3) is 0 Å². The Morgan fingerprint density at radius 1 is 1.22 bits per heavy atom. The summed E-state index contributed by atoms with van der Waals surface area (Å²) in [4.78, 5) is 2.59. The maximum Gasteiger partial charge on any atom is 0.0538 e. The molecule has 1 aromatic rings. The van der Waals surface area contributed by atoms with E-state index in [2.05, 4.69) is 49.1 Å². The van der Waals surface area contributed by atoms with Crippen LogP contribution in [-0.2, 0) is 5.54 Å². The van der Waals surface area contributed by atoms with Gasteiger partial charge in [0.25, 0.3) is 0 Å². The molecule has 100 valence electrons. The molecule has 0 amide bonds. The molecule has 18 heavy (non-hydrogen) atoms. The van der Waals surface area contributed by atoms with E-state index in [0.29, 0.717) is 6.04 Å². The molecule has 1 heterocycles.